The van der Waals surface area contributed by atoms with Crippen molar-refractivity contribution in [2.24, 2.45) is 10.4 Å². The predicted octanol–water partition coefficient (Wildman–Crippen LogP) is 2.90. The topological polar surface area (TPSA) is 38.7 Å². The third-order valence-corrected chi connectivity index (χ3v) is 1.89. The van der Waals surface area contributed by atoms with E-state index in [0.717, 1.165) is 0 Å². The van der Waals surface area contributed by atoms with Gasteiger partial charge in [-0.05, 0) is 20.8 Å². The fourth-order valence-corrected chi connectivity index (χ4v) is 1.11. The van der Waals surface area contributed by atoms with Crippen LogP contribution in [0, 0.1) is 5.41 Å². The smallest absolute Gasteiger partial charge is 0.330 e. The summed E-state index contributed by atoms with van der Waals surface area (Å²) in [5.74, 6) is -0.366. The molecule has 0 N–H and O–H groups in total. The summed E-state index contributed by atoms with van der Waals surface area (Å²) in [6.45, 7) is 5.78. The number of methoxy groups -OCH3 is 1. The van der Waals surface area contributed by atoms with E-state index in [0.29, 0.717) is 0 Å². The van der Waals surface area contributed by atoms with Crippen molar-refractivity contribution in [3.63, 3.8) is 0 Å². The van der Waals surface area contributed by atoms with Crippen LogP contribution in [0.2, 0.25) is 0 Å². The van der Waals surface area contributed by atoms with E-state index in [1.807, 2.05) is 39.0 Å². The Labute approximate surface area is 97.2 Å². The van der Waals surface area contributed by atoms with Gasteiger partial charge >= 0.3 is 5.97 Å². The lowest BCUT2D eigenvalue weighted by Crippen LogP contribution is -2.12. The van der Waals surface area contributed by atoms with Gasteiger partial charge in [-0.25, -0.2) is 4.79 Å². The van der Waals surface area contributed by atoms with Gasteiger partial charge in [-0.3, -0.25) is 4.99 Å². The van der Waals surface area contributed by atoms with Crippen molar-refractivity contribution in [3.8, 4) is 0 Å². The maximum atomic E-state index is 11.0. The number of allylic oxidation sites excluding steroid dienone is 4. The minimum atomic E-state index is -0.373. The average molecular weight is 221 g/mol. The molecule has 0 rings (SSSR count). The molecule has 0 amide bonds. The molecule has 16 heavy (non-hydrogen) atoms. The van der Waals surface area contributed by atoms with Crippen molar-refractivity contribution < 1.29 is 9.53 Å². The molecule has 0 bridgehead atoms. The van der Waals surface area contributed by atoms with Crippen molar-refractivity contribution in [2.45, 2.75) is 20.8 Å². The Balaban J connectivity index is 4.82. The van der Waals surface area contributed by atoms with Gasteiger partial charge in [-0.15, -0.1) is 0 Å². The molecule has 0 aliphatic heterocycles. The summed E-state index contributed by atoms with van der Waals surface area (Å²) >= 11 is 0. The number of nitrogens with zero attached hydrogens (tertiary/aromatic N) is 1. The molecule has 0 aromatic heterocycles. The largest absolute Gasteiger partial charge is 0.466 e. The van der Waals surface area contributed by atoms with Crippen LogP contribution in [0.15, 0.2) is 41.6 Å². The van der Waals surface area contributed by atoms with E-state index < -0.39 is 0 Å². The SMILES string of the molecule is C/C=C\N=CC(C)(/C=C\C)/C=C/C(=O)OC. The Morgan fingerprint density at radius 1 is 1.25 bits per heavy atom. The molecule has 0 radical (unpaired) electrons. The number of aliphatic imine (C=N–C) groups is 1. The number of hydrogen-bond donors (Lipinski definition) is 0. The lowest BCUT2D eigenvalue weighted by atomic mass is 9.91. The zero-order valence-electron chi connectivity index (χ0n) is 10.3. The highest BCUT2D eigenvalue weighted by molar-refractivity contribution is 5.83. The van der Waals surface area contributed by atoms with Gasteiger partial charge in [0.05, 0.1) is 7.11 Å². The number of esters is 1. The van der Waals surface area contributed by atoms with E-state index >= 15 is 0 Å². The molecule has 0 saturated carbocycles. The summed E-state index contributed by atoms with van der Waals surface area (Å²) in [7, 11) is 1.35. The fraction of sp³-hybridized carbons (Fsp3) is 0.385. The van der Waals surface area contributed by atoms with Gasteiger partial charge in [0.1, 0.15) is 0 Å². The maximum absolute atomic E-state index is 11.0. The minimum absolute atomic E-state index is 0.366. The third kappa shape index (κ3) is 5.96. The van der Waals surface area contributed by atoms with E-state index in [2.05, 4.69) is 9.73 Å². The van der Waals surface area contributed by atoms with Crippen molar-refractivity contribution in [1.82, 2.24) is 0 Å². The van der Waals surface area contributed by atoms with E-state index in [1.165, 1.54) is 13.2 Å². The molecular formula is C13H19NO2. The number of carbonyl (C=O) groups excluding carboxylic acids is 1. The number of ether oxygens (including phenoxy) is 1. The first-order valence-corrected chi connectivity index (χ1v) is 5.14. The van der Waals surface area contributed by atoms with E-state index in [9.17, 15) is 4.79 Å². The minimum Gasteiger partial charge on any atom is -0.466 e. The van der Waals surface area contributed by atoms with Crippen LogP contribution in [0.5, 0.6) is 0 Å². The molecule has 3 nitrogen and oxygen atoms in total. The Morgan fingerprint density at radius 2 is 1.94 bits per heavy atom. The highest BCUT2D eigenvalue weighted by Gasteiger charge is 2.13. The summed E-state index contributed by atoms with van der Waals surface area (Å²) in [4.78, 5) is 15.1. The first-order chi connectivity index (χ1) is 7.58. The predicted molar refractivity (Wildman–Crippen MR) is 67.4 cm³/mol. The zero-order valence-corrected chi connectivity index (χ0v) is 10.3. The maximum Gasteiger partial charge on any atom is 0.330 e. The molecule has 0 aromatic carbocycles. The Bertz CT molecular complexity index is 327. The number of hydrogen-bond acceptors (Lipinski definition) is 3. The first-order valence-electron chi connectivity index (χ1n) is 5.14. The molecule has 1 atom stereocenters. The van der Waals surface area contributed by atoms with Crippen LogP contribution in [0.1, 0.15) is 20.8 Å². The summed E-state index contributed by atoms with van der Waals surface area (Å²) < 4.78 is 4.54. The molecule has 0 saturated heterocycles. The van der Waals surface area contributed by atoms with Crippen LogP contribution < -0.4 is 0 Å². The second-order valence-corrected chi connectivity index (χ2v) is 3.48. The van der Waals surface area contributed by atoms with Gasteiger partial charge < -0.3 is 4.74 Å². The molecule has 88 valence electrons. The molecule has 0 fully saturated rings. The monoisotopic (exact) mass is 221 g/mol. The van der Waals surface area contributed by atoms with Gasteiger partial charge in [0.2, 0.25) is 0 Å². The van der Waals surface area contributed by atoms with E-state index in [4.69, 9.17) is 0 Å². The van der Waals surface area contributed by atoms with Gasteiger partial charge in [-0.2, -0.15) is 0 Å². The standard InChI is InChI=1S/C13H19NO2/c1-5-8-13(3,11-14-10-6-2)9-7-12(15)16-4/h5-11H,1-4H3/b8-5-,9-7+,10-6-,14-11?. The van der Waals surface area contributed by atoms with Crippen LogP contribution >= 0.6 is 0 Å². The van der Waals surface area contributed by atoms with Gasteiger partial charge in [0, 0.05) is 23.9 Å². The average Bonchev–Trinajstić information content (AvgIpc) is 2.27. The lowest BCUT2D eigenvalue weighted by molar-refractivity contribution is -0.134. The second-order valence-electron chi connectivity index (χ2n) is 3.48. The van der Waals surface area contributed by atoms with Gasteiger partial charge in [0.25, 0.3) is 0 Å². The highest BCUT2D eigenvalue weighted by Crippen LogP contribution is 2.17. The first kappa shape index (κ1) is 14.4. The van der Waals surface area contributed by atoms with Crippen LogP contribution in [0.4, 0.5) is 0 Å². The van der Waals surface area contributed by atoms with Crippen LogP contribution in [0.3, 0.4) is 0 Å². The summed E-state index contributed by atoms with van der Waals surface area (Å²) in [6.07, 6.45) is 12.4. The van der Waals surface area contributed by atoms with Gasteiger partial charge in [0.15, 0.2) is 0 Å². The molecule has 0 aliphatic rings. The van der Waals surface area contributed by atoms with Crippen LogP contribution in [-0.2, 0) is 9.53 Å². The van der Waals surface area contributed by atoms with E-state index in [1.54, 1.807) is 18.5 Å². The third-order valence-electron chi connectivity index (χ3n) is 1.89. The quantitative estimate of drug-likeness (QED) is 0.310. The van der Waals surface area contributed by atoms with Crippen molar-refractivity contribution in [3.05, 3.63) is 36.6 Å². The summed E-state index contributed by atoms with van der Waals surface area (Å²) in [5, 5.41) is 0. The number of carbonyl (C=O) groups is 1. The highest BCUT2D eigenvalue weighted by atomic mass is 16.5. The van der Waals surface area contributed by atoms with Crippen molar-refractivity contribution in [2.75, 3.05) is 7.11 Å². The van der Waals surface area contributed by atoms with E-state index in [-0.39, 0.29) is 11.4 Å². The molecular weight excluding hydrogens is 202 g/mol. The molecule has 0 heterocycles. The molecule has 0 spiro atoms. The Hall–Kier alpha value is -1.64. The van der Waals surface area contributed by atoms with Crippen LogP contribution in [-0.4, -0.2) is 19.3 Å². The second kappa shape index (κ2) is 7.63. The molecule has 1 unspecified atom stereocenters. The van der Waals surface area contributed by atoms with Crippen molar-refractivity contribution in [1.29, 1.82) is 0 Å². The molecule has 0 aliphatic carbocycles. The fourth-order valence-electron chi connectivity index (χ4n) is 1.11. The molecule has 0 aromatic rings. The Morgan fingerprint density at radius 3 is 2.44 bits per heavy atom. The van der Waals surface area contributed by atoms with Gasteiger partial charge in [-0.1, -0.05) is 24.3 Å². The normalized spacial score (nSPS) is 16.5. The lowest BCUT2D eigenvalue weighted by Gasteiger charge is -2.14. The van der Waals surface area contributed by atoms with Crippen molar-refractivity contribution >= 4 is 12.2 Å². The number of rotatable bonds is 5. The summed E-state index contributed by atoms with van der Waals surface area (Å²) in [5.41, 5.74) is -0.373. The Kier molecular flexibility index (Phi) is 6.84. The van der Waals surface area contributed by atoms with Crippen LogP contribution in [0.25, 0.3) is 0 Å². The zero-order chi connectivity index (χ0) is 12.4. The molecule has 3 heteroatoms. The summed E-state index contributed by atoms with van der Waals surface area (Å²) in [6, 6.07) is 0.